The van der Waals surface area contributed by atoms with Crippen molar-refractivity contribution in [2.45, 2.75) is 37.1 Å². The predicted molar refractivity (Wildman–Crippen MR) is 73.6 cm³/mol. The summed E-state index contributed by atoms with van der Waals surface area (Å²) in [6, 6.07) is 10.0. The second-order valence-corrected chi connectivity index (χ2v) is 5.66. The van der Waals surface area contributed by atoms with Gasteiger partial charge in [-0.3, -0.25) is 0 Å². The maximum absolute atomic E-state index is 10.8. The van der Waals surface area contributed by atoms with Crippen LogP contribution in [0.25, 0.3) is 0 Å². The normalized spacial score (nSPS) is 25.0. The third-order valence-corrected chi connectivity index (χ3v) is 4.25. The number of unbranched alkanes of at least 4 members (excludes halogenated alkanes) is 1. The van der Waals surface area contributed by atoms with E-state index in [9.17, 15) is 8.42 Å². The second-order valence-electron chi connectivity index (χ2n) is 5.01. The highest BCUT2D eigenvalue weighted by Gasteiger charge is 2.55. The first-order chi connectivity index (χ1) is 9.19. The van der Waals surface area contributed by atoms with E-state index in [4.69, 9.17) is 4.74 Å². The molecule has 0 amide bonds. The van der Waals surface area contributed by atoms with Gasteiger partial charge in [-0.15, -0.1) is 0 Å². The van der Waals surface area contributed by atoms with E-state index >= 15 is 0 Å². The largest absolute Gasteiger partial charge is 0.385 e. The van der Waals surface area contributed by atoms with E-state index in [0.717, 1.165) is 32.3 Å². The molecule has 0 aromatic heterocycles. The number of hydrogen-bond acceptors (Lipinski definition) is 4. The van der Waals surface area contributed by atoms with E-state index in [0.29, 0.717) is 0 Å². The molecule has 1 aromatic rings. The molecule has 1 aliphatic carbocycles. The zero-order valence-electron chi connectivity index (χ0n) is 11.1. The summed E-state index contributed by atoms with van der Waals surface area (Å²) in [6.07, 6.45) is 3.82. The lowest BCUT2D eigenvalue weighted by Crippen LogP contribution is -2.12. The topological polar surface area (TPSA) is 55.7 Å². The Balaban J connectivity index is 2.10. The van der Waals surface area contributed by atoms with E-state index in [1.54, 1.807) is 7.11 Å². The Bertz CT molecular complexity index is 533. The Morgan fingerprint density at radius 1 is 1.32 bits per heavy atom. The van der Waals surface area contributed by atoms with Crippen molar-refractivity contribution in [3.05, 3.63) is 35.9 Å². The SMILES string of the molecule is COCCCCC1(c2ccccc2)CC1N=S(=O)=O. The molecule has 0 heterocycles. The molecule has 4 nitrogen and oxygen atoms in total. The van der Waals surface area contributed by atoms with Crippen LogP contribution < -0.4 is 0 Å². The lowest BCUT2D eigenvalue weighted by Gasteiger charge is -2.16. The number of ether oxygens (including phenoxy) is 1. The van der Waals surface area contributed by atoms with Gasteiger partial charge in [0.25, 0.3) is 0 Å². The highest BCUT2D eigenvalue weighted by Crippen LogP contribution is 2.54. The number of rotatable bonds is 7. The molecule has 19 heavy (non-hydrogen) atoms. The fourth-order valence-corrected chi connectivity index (χ4v) is 3.19. The predicted octanol–water partition coefficient (Wildman–Crippen LogP) is 2.58. The third-order valence-electron chi connectivity index (χ3n) is 3.82. The van der Waals surface area contributed by atoms with Gasteiger partial charge in [0.05, 0.1) is 6.04 Å². The van der Waals surface area contributed by atoms with E-state index in [1.807, 2.05) is 18.2 Å². The van der Waals surface area contributed by atoms with Crippen molar-refractivity contribution in [3.63, 3.8) is 0 Å². The zero-order valence-corrected chi connectivity index (χ0v) is 11.9. The minimum absolute atomic E-state index is 0.0743. The summed E-state index contributed by atoms with van der Waals surface area (Å²) in [5.41, 5.74) is 1.13. The molecule has 104 valence electrons. The average molecular weight is 281 g/mol. The maximum Gasteiger partial charge on any atom is 0.311 e. The van der Waals surface area contributed by atoms with Crippen molar-refractivity contribution >= 4 is 10.5 Å². The summed E-state index contributed by atoms with van der Waals surface area (Å²) in [5.74, 6) is 0. The van der Waals surface area contributed by atoms with Gasteiger partial charge in [0.1, 0.15) is 0 Å². The summed E-state index contributed by atoms with van der Waals surface area (Å²) >= 11 is 0. The maximum atomic E-state index is 10.8. The lowest BCUT2D eigenvalue weighted by atomic mass is 9.89. The standard InChI is InChI=1S/C14H19NO3S/c1-18-10-6-5-9-14(11-13(14)15-19(16)17)12-7-3-2-4-8-12/h2-4,7-8,13H,5-6,9-11H2,1H3. The molecule has 0 bridgehead atoms. The first kappa shape index (κ1) is 14.2. The van der Waals surface area contributed by atoms with Gasteiger partial charge in [-0.1, -0.05) is 36.8 Å². The van der Waals surface area contributed by atoms with Gasteiger partial charge in [-0.25, -0.2) is 0 Å². The molecule has 5 heteroatoms. The van der Waals surface area contributed by atoms with Crippen molar-refractivity contribution in [2.24, 2.45) is 4.36 Å². The van der Waals surface area contributed by atoms with Gasteiger partial charge >= 0.3 is 10.5 Å². The molecular formula is C14H19NO3S. The zero-order chi connectivity index (χ0) is 13.7. The average Bonchev–Trinajstić information content (AvgIpc) is 3.09. The minimum atomic E-state index is -2.31. The highest BCUT2D eigenvalue weighted by molar-refractivity contribution is 7.61. The van der Waals surface area contributed by atoms with E-state index in [-0.39, 0.29) is 11.5 Å². The van der Waals surface area contributed by atoms with Crippen molar-refractivity contribution < 1.29 is 13.2 Å². The molecule has 1 aliphatic rings. The molecule has 2 atom stereocenters. The van der Waals surface area contributed by atoms with Crippen LogP contribution in [0.15, 0.2) is 34.7 Å². The Hall–Kier alpha value is -1.20. The van der Waals surface area contributed by atoms with Crippen LogP contribution >= 0.6 is 0 Å². The van der Waals surface area contributed by atoms with Crippen LogP contribution in [0.3, 0.4) is 0 Å². The second kappa shape index (κ2) is 6.30. The van der Waals surface area contributed by atoms with Gasteiger partial charge in [0.2, 0.25) is 0 Å². The molecule has 2 rings (SSSR count). The van der Waals surface area contributed by atoms with Crippen molar-refractivity contribution in [1.29, 1.82) is 0 Å². The molecule has 1 saturated carbocycles. The Labute approximate surface area is 115 Å². The molecule has 0 spiro atoms. The first-order valence-corrected chi connectivity index (χ1v) is 7.57. The van der Waals surface area contributed by atoms with E-state index in [1.165, 1.54) is 5.56 Å². The van der Waals surface area contributed by atoms with Crippen LogP contribution in [0.4, 0.5) is 0 Å². The third kappa shape index (κ3) is 3.42. The van der Waals surface area contributed by atoms with Crippen LogP contribution in [-0.2, 0) is 20.7 Å². The van der Waals surface area contributed by atoms with Crippen molar-refractivity contribution in [2.75, 3.05) is 13.7 Å². The van der Waals surface area contributed by atoms with Crippen LogP contribution in [0, 0.1) is 0 Å². The summed E-state index contributed by atoms with van der Waals surface area (Å²) in [7, 11) is -0.615. The molecule has 0 radical (unpaired) electrons. The molecular weight excluding hydrogens is 262 g/mol. The molecule has 0 saturated heterocycles. The van der Waals surface area contributed by atoms with Crippen LogP contribution in [0.5, 0.6) is 0 Å². The van der Waals surface area contributed by atoms with Crippen LogP contribution in [0.1, 0.15) is 31.2 Å². The molecule has 0 N–H and O–H groups in total. The molecule has 0 aliphatic heterocycles. The first-order valence-electron chi connectivity index (χ1n) is 6.54. The van der Waals surface area contributed by atoms with Gasteiger partial charge in [0, 0.05) is 19.1 Å². The van der Waals surface area contributed by atoms with Gasteiger partial charge in [0.15, 0.2) is 0 Å². The summed E-state index contributed by atoms with van der Waals surface area (Å²) < 4.78 is 30.4. The van der Waals surface area contributed by atoms with Gasteiger partial charge < -0.3 is 4.74 Å². The monoisotopic (exact) mass is 281 g/mol. The Kier molecular flexibility index (Phi) is 4.71. The minimum Gasteiger partial charge on any atom is -0.385 e. The van der Waals surface area contributed by atoms with Crippen LogP contribution in [0.2, 0.25) is 0 Å². The quantitative estimate of drug-likeness (QED) is 0.722. The van der Waals surface area contributed by atoms with Gasteiger partial charge in [-0.2, -0.15) is 12.8 Å². The van der Waals surface area contributed by atoms with Crippen molar-refractivity contribution in [1.82, 2.24) is 0 Å². The summed E-state index contributed by atoms with van der Waals surface area (Å²) in [5, 5.41) is 0. The van der Waals surface area contributed by atoms with Crippen LogP contribution in [-0.4, -0.2) is 28.2 Å². The lowest BCUT2D eigenvalue weighted by molar-refractivity contribution is 0.191. The Morgan fingerprint density at radius 2 is 2.05 bits per heavy atom. The molecule has 2 unspecified atom stereocenters. The number of nitrogens with zero attached hydrogens (tertiary/aromatic N) is 1. The number of methoxy groups -OCH3 is 1. The Morgan fingerprint density at radius 3 is 2.68 bits per heavy atom. The van der Waals surface area contributed by atoms with Crippen molar-refractivity contribution in [3.8, 4) is 0 Å². The van der Waals surface area contributed by atoms with E-state index < -0.39 is 10.5 Å². The number of hydrogen-bond donors (Lipinski definition) is 0. The number of benzene rings is 1. The smallest absolute Gasteiger partial charge is 0.311 e. The summed E-state index contributed by atoms with van der Waals surface area (Å²) in [4.78, 5) is 0. The fourth-order valence-electron chi connectivity index (χ4n) is 2.71. The molecule has 1 fully saturated rings. The highest BCUT2D eigenvalue weighted by atomic mass is 32.2. The van der Waals surface area contributed by atoms with Gasteiger partial charge in [-0.05, 0) is 24.8 Å². The molecule has 1 aromatic carbocycles. The van der Waals surface area contributed by atoms with E-state index in [2.05, 4.69) is 16.5 Å². The summed E-state index contributed by atoms with van der Waals surface area (Å²) in [6.45, 7) is 0.750. The fraction of sp³-hybridized carbons (Fsp3) is 0.571.